The average Bonchev–Trinajstić information content (AvgIpc) is 3.69. The van der Waals surface area contributed by atoms with Crippen molar-refractivity contribution in [2.75, 3.05) is 0 Å². The van der Waals surface area contributed by atoms with Crippen LogP contribution in [0.3, 0.4) is 0 Å². The summed E-state index contributed by atoms with van der Waals surface area (Å²) < 4.78 is 6.58. The molecule has 0 bridgehead atoms. The van der Waals surface area contributed by atoms with Crippen molar-refractivity contribution in [1.82, 2.24) is 15.0 Å². The Balaban J connectivity index is 1.23. The van der Waals surface area contributed by atoms with Gasteiger partial charge in [0.15, 0.2) is 17.5 Å². The first kappa shape index (κ1) is 25.9. The van der Waals surface area contributed by atoms with Crippen LogP contribution in [0.4, 0.5) is 0 Å². The normalized spacial score (nSPS) is 11.8. The number of furan rings is 1. The molecule has 218 valence electrons. The molecular weight excluding hydrogens is 574 g/mol. The molecule has 4 heteroatoms. The van der Waals surface area contributed by atoms with E-state index in [0.717, 1.165) is 49.8 Å². The highest BCUT2D eigenvalue weighted by molar-refractivity contribution is 6.17. The number of fused-ring (bicyclic) bond motifs is 6. The Morgan fingerprint density at radius 3 is 1.77 bits per heavy atom. The smallest absolute Gasteiger partial charge is 0.164 e. The fourth-order valence-corrected chi connectivity index (χ4v) is 7.17. The lowest BCUT2D eigenvalue weighted by Gasteiger charge is -2.11. The Morgan fingerprint density at radius 1 is 0.362 bits per heavy atom. The van der Waals surface area contributed by atoms with E-state index in [9.17, 15) is 0 Å². The molecular formula is C43H25N3O. The fourth-order valence-electron chi connectivity index (χ4n) is 7.17. The van der Waals surface area contributed by atoms with E-state index in [2.05, 4.69) is 103 Å². The van der Waals surface area contributed by atoms with Crippen molar-refractivity contribution in [2.45, 2.75) is 0 Å². The number of hydrogen-bond acceptors (Lipinski definition) is 4. The molecule has 0 saturated heterocycles. The van der Waals surface area contributed by atoms with Gasteiger partial charge >= 0.3 is 0 Å². The van der Waals surface area contributed by atoms with Crippen LogP contribution in [0.5, 0.6) is 0 Å². The van der Waals surface area contributed by atoms with Crippen LogP contribution in [0.2, 0.25) is 0 Å². The molecule has 2 aromatic heterocycles. The molecule has 2 heterocycles. The summed E-state index contributed by atoms with van der Waals surface area (Å²) in [6, 6.07) is 52.6. The topological polar surface area (TPSA) is 51.8 Å². The van der Waals surface area contributed by atoms with E-state index in [1.165, 1.54) is 33.0 Å². The molecule has 7 aromatic carbocycles. The van der Waals surface area contributed by atoms with E-state index >= 15 is 0 Å². The Labute approximate surface area is 270 Å². The lowest BCUT2D eigenvalue weighted by Crippen LogP contribution is -2.00. The van der Waals surface area contributed by atoms with Gasteiger partial charge in [0.05, 0.1) is 0 Å². The second-order valence-corrected chi connectivity index (χ2v) is 12.0. The number of para-hydroxylation sites is 1. The van der Waals surface area contributed by atoms with Gasteiger partial charge in [-0.05, 0) is 56.8 Å². The first-order valence-electron chi connectivity index (χ1n) is 15.8. The van der Waals surface area contributed by atoms with Gasteiger partial charge in [0, 0.05) is 33.0 Å². The Kier molecular flexibility index (Phi) is 5.54. The molecule has 0 unspecified atom stereocenters. The minimum absolute atomic E-state index is 0.609. The molecule has 1 aliphatic rings. The number of rotatable bonds is 4. The summed E-state index contributed by atoms with van der Waals surface area (Å²) in [4.78, 5) is 15.4. The second-order valence-electron chi connectivity index (χ2n) is 12.0. The van der Waals surface area contributed by atoms with Gasteiger partial charge in [-0.25, -0.2) is 15.0 Å². The first-order chi connectivity index (χ1) is 23.3. The third-order valence-corrected chi connectivity index (χ3v) is 9.26. The Bertz CT molecular complexity index is 2680. The molecule has 0 spiro atoms. The monoisotopic (exact) mass is 599 g/mol. The molecule has 0 atom stereocenters. The van der Waals surface area contributed by atoms with E-state index in [1.54, 1.807) is 0 Å². The Hall–Kier alpha value is -6.39. The molecule has 4 nitrogen and oxygen atoms in total. The van der Waals surface area contributed by atoms with Gasteiger partial charge in [-0.3, -0.25) is 0 Å². The third-order valence-electron chi connectivity index (χ3n) is 9.26. The maximum atomic E-state index is 6.58. The largest absolute Gasteiger partial charge is 0.455 e. The molecule has 0 saturated carbocycles. The van der Waals surface area contributed by atoms with E-state index in [4.69, 9.17) is 19.4 Å². The van der Waals surface area contributed by atoms with E-state index in [1.807, 2.05) is 48.5 Å². The van der Waals surface area contributed by atoms with Gasteiger partial charge in [-0.1, -0.05) is 133 Å². The van der Waals surface area contributed by atoms with Gasteiger partial charge in [0.25, 0.3) is 0 Å². The van der Waals surface area contributed by atoms with Crippen molar-refractivity contribution >= 4 is 32.7 Å². The first-order valence-corrected chi connectivity index (χ1v) is 15.8. The number of aromatic nitrogens is 3. The molecule has 0 amide bonds. The zero-order valence-electron chi connectivity index (χ0n) is 25.2. The summed E-state index contributed by atoms with van der Waals surface area (Å²) in [6.07, 6.45) is 0. The van der Waals surface area contributed by atoms with Crippen LogP contribution in [-0.2, 0) is 0 Å². The van der Waals surface area contributed by atoms with Crippen molar-refractivity contribution in [3.05, 3.63) is 152 Å². The van der Waals surface area contributed by atoms with Crippen LogP contribution in [-0.4, -0.2) is 15.0 Å². The van der Waals surface area contributed by atoms with E-state index in [0.29, 0.717) is 17.5 Å². The quantitative estimate of drug-likeness (QED) is 0.202. The summed E-state index contributed by atoms with van der Waals surface area (Å²) in [5.74, 6) is 1.88. The van der Waals surface area contributed by atoms with Crippen molar-refractivity contribution in [2.24, 2.45) is 0 Å². The fraction of sp³-hybridized carbons (Fsp3) is 0. The van der Waals surface area contributed by atoms with Crippen LogP contribution >= 0.6 is 0 Å². The van der Waals surface area contributed by atoms with Crippen LogP contribution in [0.1, 0.15) is 0 Å². The third kappa shape index (κ3) is 3.98. The highest BCUT2D eigenvalue weighted by Crippen LogP contribution is 2.48. The van der Waals surface area contributed by atoms with Crippen molar-refractivity contribution in [1.29, 1.82) is 0 Å². The van der Waals surface area contributed by atoms with Gasteiger partial charge in [0.1, 0.15) is 11.2 Å². The predicted octanol–water partition coefficient (Wildman–Crippen LogP) is 11.2. The molecule has 10 rings (SSSR count). The van der Waals surface area contributed by atoms with E-state index < -0.39 is 0 Å². The molecule has 0 aliphatic heterocycles. The maximum absolute atomic E-state index is 6.58. The van der Waals surface area contributed by atoms with Gasteiger partial charge < -0.3 is 4.42 Å². The molecule has 0 N–H and O–H groups in total. The molecule has 0 fully saturated rings. The van der Waals surface area contributed by atoms with Crippen LogP contribution in [0.25, 0.3) is 100 Å². The zero-order valence-corrected chi connectivity index (χ0v) is 25.2. The van der Waals surface area contributed by atoms with Crippen molar-refractivity contribution < 1.29 is 4.42 Å². The summed E-state index contributed by atoms with van der Waals surface area (Å²) >= 11 is 0. The highest BCUT2D eigenvalue weighted by Gasteiger charge is 2.24. The summed E-state index contributed by atoms with van der Waals surface area (Å²) in [7, 11) is 0. The van der Waals surface area contributed by atoms with Crippen LogP contribution < -0.4 is 0 Å². The van der Waals surface area contributed by atoms with Gasteiger partial charge in [-0.15, -0.1) is 0 Å². The van der Waals surface area contributed by atoms with Gasteiger partial charge in [0.2, 0.25) is 0 Å². The van der Waals surface area contributed by atoms with Crippen LogP contribution in [0.15, 0.2) is 156 Å². The Morgan fingerprint density at radius 2 is 0.957 bits per heavy atom. The highest BCUT2D eigenvalue weighted by atomic mass is 16.3. The van der Waals surface area contributed by atoms with Crippen molar-refractivity contribution in [3.8, 4) is 67.5 Å². The number of hydrogen-bond donors (Lipinski definition) is 0. The zero-order chi connectivity index (χ0) is 30.9. The minimum atomic E-state index is 0.609. The molecule has 0 radical (unpaired) electrons. The SMILES string of the molecule is c1ccc(-c2nc(-c3cc4c5c(cccc5c3)-c3ccccc3-4)nc(-c3cccc4oc5c(-c6ccccc6)cccc5c34)n2)cc1. The number of nitrogens with zero attached hydrogens (tertiary/aromatic N) is 3. The molecule has 9 aromatic rings. The maximum Gasteiger partial charge on any atom is 0.164 e. The number of benzene rings is 7. The average molecular weight is 600 g/mol. The summed E-state index contributed by atoms with van der Waals surface area (Å²) in [6.45, 7) is 0. The van der Waals surface area contributed by atoms with Gasteiger partial charge in [-0.2, -0.15) is 0 Å². The molecule has 1 aliphatic carbocycles. The lowest BCUT2D eigenvalue weighted by molar-refractivity contribution is 0.670. The van der Waals surface area contributed by atoms with Crippen LogP contribution in [0, 0.1) is 0 Å². The minimum Gasteiger partial charge on any atom is -0.455 e. The van der Waals surface area contributed by atoms with Crippen molar-refractivity contribution in [3.63, 3.8) is 0 Å². The summed E-state index contributed by atoms with van der Waals surface area (Å²) in [5.41, 5.74) is 11.6. The molecule has 47 heavy (non-hydrogen) atoms. The summed E-state index contributed by atoms with van der Waals surface area (Å²) in [5, 5.41) is 4.47. The standard InChI is InChI=1S/C43H25N3O/c1-3-12-26(13-4-1)30-19-10-21-34-39-35(22-11-23-37(39)47-40(30)34)43-45-41(27-14-5-2-6-15-27)44-42(46-43)29-24-28-16-9-20-33-31-17-7-8-18-32(31)36(25-29)38(28)33/h1-25H. The predicted molar refractivity (Wildman–Crippen MR) is 191 cm³/mol. The lowest BCUT2D eigenvalue weighted by atomic mass is 9.99. The van der Waals surface area contributed by atoms with E-state index in [-0.39, 0.29) is 0 Å². The second kappa shape index (κ2) is 10.1.